The number of rotatable bonds is 10. The summed E-state index contributed by atoms with van der Waals surface area (Å²) in [7, 11) is 0. The van der Waals surface area contributed by atoms with Gasteiger partial charge in [-0.1, -0.05) is 36.4 Å². The third-order valence-corrected chi connectivity index (χ3v) is 6.25. The van der Waals surface area contributed by atoms with Gasteiger partial charge in [0.05, 0.1) is 42.5 Å². The Hall–Kier alpha value is -6.11. The Balaban J connectivity index is 1.38. The van der Waals surface area contributed by atoms with Crippen LogP contribution in [0.5, 0.6) is 0 Å². The number of pyridine rings is 1. The molecule has 2 aromatic carbocycles. The smallest absolute Gasteiger partial charge is 0.343 e. The summed E-state index contributed by atoms with van der Waals surface area (Å²) >= 11 is 0. The number of anilines is 2. The van der Waals surface area contributed by atoms with Crippen molar-refractivity contribution in [3.63, 3.8) is 0 Å². The first-order valence-corrected chi connectivity index (χ1v) is 13.6. The molecule has 0 saturated heterocycles. The number of carbonyl (C=O) groups is 4. The molecule has 0 fully saturated rings. The Morgan fingerprint density at radius 3 is 1.55 bits per heavy atom. The largest absolute Gasteiger partial charge is 0.462 e. The number of benzene rings is 2. The third-order valence-electron chi connectivity index (χ3n) is 6.25. The van der Waals surface area contributed by atoms with Crippen LogP contribution in [0.25, 0.3) is 11.4 Å². The van der Waals surface area contributed by atoms with Gasteiger partial charge >= 0.3 is 11.9 Å². The van der Waals surface area contributed by atoms with Crippen LogP contribution < -0.4 is 10.6 Å². The molecule has 13 nitrogen and oxygen atoms in total. The number of nitrogens with one attached hydrogen (secondary N) is 2. The van der Waals surface area contributed by atoms with E-state index < -0.39 is 23.8 Å². The Morgan fingerprint density at radius 1 is 0.636 bits per heavy atom. The van der Waals surface area contributed by atoms with Gasteiger partial charge in [-0.05, 0) is 50.2 Å². The molecule has 0 bridgehead atoms. The van der Waals surface area contributed by atoms with E-state index in [9.17, 15) is 19.2 Å². The zero-order chi connectivity index (χ0) is 31.1. The Labute approximate surface area is 251 Å². The first-order chi connectivity index (χ1) is 21.4. The summed E-state index contributed by atoms with van der Waals surface area (Å²) < 4.78 is 13.1. The van der Waals surface area contributed by atoms with Crippen LogP contribution in [0.15, 0.2) is 91.4 Å². The van der Waals surface area contributed by atoms with E-state index in [2.05, 4.69) is 25.8 Å². The van der Waals surface area contributed by atoms with Crippen LogP contribution in [-0.4, -0.2) is 61.5 Å². The predicted molar refractivity (Wildman–Crippen MR) is 159 cm³/mol. The maximum Gasteiger partial charge on any atom is 0.343 e. The highest BCUT2D eigenvalue weighted by molar-refractivity contribution is 6.09. The predicted octanol–water partition coefficient (Wildman–Crippen LogP) is 4.31. The number of aromatic nitrogens is 5. The van der Waals surface area contributed by atoms with Crippen LogP contribution in [-0.2, 0) is 9.47 Å². The van der Waals surface area contributed by atoms with Gasteiger partial charge in [-0.25, -0.2) is 19.0 Å². The summed E-state index contributed by atoms with van der Waals surface area (Å²) in [5, 5.41) is 13.9. The number of esters is 2. The molecule has 3 aromatic heterocycles. The average Bonchev–Trinajstić information content (AvgIpc) is 3.66. The standard InChI is InChI=1S/C31H27N7O6/c1-3-43-30(41)23-18-33-37(21-11-7-5-8-12-21)26(23)35-28(39)20-15-16-25(32-17-20)29(40)36-27-24(31(42)44-4-2)19-34-38(27)22-13-9-6-10-14-22/h5-19H,3-4H2,1-2H3,(H,35,39)(H,36,40). The highest BCUT2D eigenvalue weighted by atomic mass is 16.5. The normalized spacial score (nSPS) is 10.6. The molecule has 3 heterocycles. The molecule has 13 heteroatoms. The van der Waals surface area contributed by atoms with Crippen molar-refractivity contribution in [1.82, 2.24) is 24.5 Å². The summed E-state index contributed by atoms with van der Waals surface area (Å²) in [6.45, 7) is 3.63. The molecule has 0 spiro atoms. The van der Waals surface area contributed by atoms with E-state index in [1.54, 1.807) is 62.4 Å². The van der Waals surface area contributed by atoms with E-state index in [4.69, 9.17) is 9.47 Å². The van der Waals surface area contributed by atoms with Crippen LogP contribution in [0.2, 0.25) is 0 Å². The fourth-order valence-electron chi connectivity index (χ4n) is 4.20. The minimum Gasteiger partial charge on any atom is -0.462 e. The lowest BCUT2D eigenvalue weighted by molar-refractivity contribution is 0.0517. The van der Waals surface area contributed by atoms with Gasteiger partial charge in [-0.3, -0.25) is 14.6 Å². The van der Waals surface area contributed by atoms with Crippen molar-refractivity contribution in [2.24, 2.45) is 0 Å². The van der Waals surface area contributed by atoms with Crippen LogP contribution in [0, 0.1) is 0 Å². The summed E-state index contributed by atoms with van der Waals surface area (Å²) in [5.41, 5.74) is 1.43. The molecule has 44 heavy (non-hydrogen) atoms. The summed E-state index contributed by atoms with van der Waals surface area (Å²) in [6.07, 6.45) is 3.85. The Kier molecular flexibility index (Phi) is 8.85. The molecule has 5 aromatic rings. The highest BCUT2D eigenvalue weighted by Crippen LogP contribution is 2.24. The lowest BCUT2D eigenvalue weighted by Gasteiger charge is -2.12. The number of ether oxygens (including phenoxy) is 2. The minimum absolute atomic E-state index is 0.0290. The topological polar surface area (TPSA) is 159 Å². The van der Waals surface area contributed by atoms with Gasteiger partial charge in [0.2, 0.25) is 0 Å². The number of carbonyl (C=O) groups excluding carboxylic acids is 4. The first kappa shape index (κ1) is 29.4. The number of nitrogens with zero attached hydrogens (tertiary/aromatic N) is 5. The zero-order valence-electron chi connectivity index (χ0n) is 23.8. The van der Waals surface area contributed by atoms with E-state index in [1.165, 1.54) is 40.1 Å². The number of amides is 2. The number of para-hydroxylation sites is 2. The molecule has 5 rings (SSSR count). The van der Waals surface area contributed by atoms with Crippen molar-refractivity contribution in [2.45, 2.75) is 13.8 Å². The molecule has 0 unspecified atom stereocenters. The van der Waals surface area contributed by atoms with Gasteiger partial charge in [0.15, 0.2) is 11.6 Å². The maximum atomic E-state index is 13.2. The van der Waals surface area contributed by atoms with E-state index >= 15 is 0 Å². The van der Waals surface area contributed by atoms with Gasteiger partial charge in [0.25, 0.3) is 11.8 Å². The number of hydrogen-bond donors (Lipinski definition) is 2. The SMILES string of the molecule is CCOC(=O)c1cnn(-c2ccccc2)c1NC(=O)c1ccc(C(=O)Nc2c(C(=O)OCC)cnn2-c2ccccc2)nc1. The monoisotopic (exact) mass is 593 g/mol. The fourth-order valence-corrected chi connectivity index (χ4v) is 4.20. The van der Waals surface area contributed by atoms with Crippen LogP contribution in [0.3, 0.4) is 0 Å². The quantitative estimate of drug-likeness (QED) is 0.225. The first-order valence-electron chi connectivity index (χ1n) is 13.6. The van der Waals surface area contributed by atoms with E-state index in [-0.39, 0.29) is 47.2 Å². The molecule has 0 aliphatic carbocycles. The second kappa shape index (κ2) is 13.2. The van der Waals surface area contributed by atoms with E-state index in [1.807, 2.05) is 12.1 Å². The minimum atomic E-state index is -0.651. The maximum absolute atomic E-state index is 13.2. The van der Waals surface area contributed by atoms with Crippen LogP contribution in [0.1, 0.15) is 55.4 Å². The van der Waals surface area contributed by atoms with E-state index in [0.29, 0.717) is 11.4 Å². The van der Waals surface area contributed by atoms with Crippen LogP contribution >= 0.6 is 0 Å². The van der Waals surface area contributed by atoms with Crippen molar-refractivity contribution in [3.05, 3.63) is 114 Å². The van der Waals surface area contributed by atoms with Gasteiger partial charge in [-0.15, -0.1) is 0 Å². The van der Waals surface area contributed by atoms with Crippen molar-refractivity contribution in [2.75, 3.05) is 23.8 Å². The lowest BCUT2D eigenvalue weighted by atomic mass is 10.2. The molecule has 222 valence electrons. The average molecular weight is 594 g/mol. The lowest BCUT2D eigenvalue weighted by Crippen LogP contribution is -2.20. The summed E-state index contributed by atoms with van der Waals surface area (Å²) in [4.78, 5) is 55.8. The number of hydrogen-bond acceptors (Lipinski definition) is 9. The highest BCUT2D eigenvalue weighted by Gasteiger charge is 2.24. The second-order valence-electron chi connectivity index (χ2n) is 9.09. The Bertz CT molecular complexity index is 1670. The molecule has 0 aliphatic rings. The zero-order valence-corrected chi connectivity index (χ0v) is 23.8. The van der Waals surface area contributed by atoms with Crippen molar-refractivity contribution in [3.8, 4) is 11.4 Å². The molecule has 2 N–H and O–H groups in total. The summed E-state index contributed by atoms with van der Waals surface area (Å²) in [5.74, 6) is -2.33. The van der Waals surface area contributed by atoms with Crippen molar-refractivity contribution < 1.29 is 28.7 Å². The second-order valence-corrected chi connectivity index (χ2v) is 9.09. The molecule has 0 atom stereocenters. The molecule has 0 saturated carbocycles. The third kappa shape index (κ3) is 6.21. The Morgan fingerprint density at radius 2 is 1.11 bits per heavy atom. The molecule has 0 aliphatic heterocycles. The van der Waals surface area contributed by atoms with E-state index in [0.717, 1.165) is 0 Å². The molecule has 0 radical (unpaired) electrons. The van der Waals surface area contributed by atoms with Gasteiger partial charge in [0.1, 0.15) is 16.8 Å². The van der Waals surface area contributed by atoms with Crippen molar-refractivity contribution in [1.29, 1.82) is 0 Å². The molecular formula is C31H27N7O6. The van der Waals surface area contributed by atoms with Crippen molar-refractivity contribution >= 4 is 35.4 Å². The summed E-state index contributed by atoms with van der Waals surface area (Å²) in [6, 6.07) is 20.7. The molecular weight excluding hydrogens is 566 g/mol. The van der Waals surface area contributed by atoms with Gasteiger partial charge in [0, 0.05) is 6.20 Å². The van der Waals surface area contributed by atoms with Gasteiger partial charge < -0.3 is 20.1 Å². The van der Waals surface area contributed by atoms with Crippen LogP contribution in [0.4, 0.5) is 11.6 Å². The molecule has 2 amide bonds. The van der Waals surface area contributed by atoms with Gasteiger partial charge in [-0.2, -0.15) is 10.2 Å². The fraction of sp³-hybridized carbons (Fsp3) is 0.129.